The maximum absolute atomic E-state index is 12.5. The Hall–Kier alpha value is -2.88. The van der Waals surface area contributed by atoms with Gasteiger partial charge in [-0.1, -0.05) is 42.5 Å². The van der Waals surface area contributed by atoms with E-state index >= 15 is 0 Å². The second-order valence-corrected chi connectivity index (χ2v) is 5.95. The molecule has 0 aliphatic carbocycles. The summed E-state index contributed by atoms with van der Waals surface area (Å²) in [6, 6.07) is 17.7. The Bertz CT molecular complexity index is 835. The van der Waals surface area contributed by atoms with Crippen molar-refractivity contribution in [2.24, 2.45) is 7.05 Å². The van der Waals surface area contributed by atoms with Crippen molar-refractivity contribution in [1.82, 2.24) is 15.1 Å². The minimum Gasteiger partial charge on any atom is -0.345 e. The molecule has 4 nitrogen and oxygen atoms in total. The molecule has 0 bridgehead atoms. The van der Waals surface area contributed by atoms with Crippen molar-refractivity contribution in [3.8, 4) is 11.1 Å². The Morgan fingerprint density at radius 2 is 1.67 bits per heavy atom. The molecule has 0 radical (unpaired) electrons. The van der Waals surface area contributed by atoms with Crippen LogP contribution < -0.4 is 5.32 Å². The molecule has 0 saturated heterocycles. The molecule has 0 aliphatic heterocycles. The van der Waals surface area contributed by atoms with Crippen LogP contribution in [-0.2, 0) is 7.05 Å². The Morgan fingerprint density at radius 3 is 2.25 bits per heavy atom. The number of rotatable bonds is 4. The van der Waals surface area contributed by atoms with Crippen molar-refractivity contribution in [3.05, 3.63) is 77.6 Å². The number of carbonyl (C=O) groups is 1. The lowest BCUT2D eigenvalue weighted by atomic mass is 10.0. The molecule has 0 fully saturated rings. The standard InChI is InChI=1S/C20H21N3O/c1-14(19-13-21-23(3)15(19)2)22-20(24)18-11-9-17(10-12-18)16-7-5-4-6-8-16/h4-14H,1-3H3,(H,22,24). The molecule has 3 rings (SSSR count). The van der Waals surface area contributed by atoms with Gasteiger partial charge in [-0.25, -0.2) is 0 Å². The maximum Gasteiger partial charge on any atom is 0.251 e. The first-order valence-corrected chi connectivity index (χ1v) is 8.01. The summed E-state index contributed by atoms with van der Waals surface area (Å²) in [7, 11) is 1.90. The highest BCUT2D eigenvalue weighted by Crippen LogP contribution is 2.20. The summed E-state index contributed by atoms with van der Waals surface area (Å²) in [6.07, 6.45) is 1.80. The minimum absolute atomic E-state index is 0.0784. The highest BCUT2D eigenvalue weighted by atomic mass is 16.1. The van der Waals surface area contributed by atoms with Crippen molar-refractivity contribution < 1.29 is 4.79 Å². The van der Waals surface area contributed by atoms with E-state index in [-0.39, 0.29) is 11.9 Å². The highest BCUT2D eigenvalue weighted by molar-refractivity contribution is 5.94. The van der Waals surface area contributed by atoms with Crippen molar-refractivity contribution in [3.63, 3.8) is 0 Å². The molecule has 1 atom stereocenters. The molecule has 1 N–H and O–H groups in total. The highest BCUT2D eigenvalue weighted by Gasteiger charge is 2.15. The Morgan fingerprint density at radius 1 is 1.04 bits per heavy atom. The third kappa shape index (κ3) is 3.23. The number of hydrogen-bond donors (Lipinski definition) is 1. The molecule has 2 aromatic carbocycles. The zero-order chi connectivity index (χ0) is 17.1. The van der Waals surface area contributed by atoms with Crippen LogP contribution in [0.25, 0.3) is 11.1 Å². The van der Waals surface area contributed by atoms with Crippen LogP contribution in [0, 0.1) is 6.92 Å². The van der Waals surface area contributed by atoms with E-state index in [2.05, 4.69) is 22.5 Å². The third-order valence-electron chi connectivity index (χ3n) is 4.34. The van der Waals surface area contributed by atoms with Gasteiger partial charge in [-0.2, -0.15) is 5.10 Å². The van der Waals surface area contributed by atoms with Gasteiger partial charge in [-0.15, -0.1) is 0 Å². The van der Waals surface area contributed by atoms with E-state index in [0.717, 1.165) is 22.4 Å². The van der Waals surface area contributed by atoms with E-state index in [0.29, 0.717) is 5.56 Å². The lowest BCUT2D eigenvalue weighted by Crippen LogP contribution is -2.26. The number of benzene rings is 2. The van der Waals surface area contributed by atoms with Crippen LogP contribution in [0.1, 0.15) is 34.6 Å². The van der Waals surface area contributed by atoms with E-state index < -0.39 is 0 Å². The van der Waals surface area contributed by atoms with Crippen LogP contribution in [0.4, 0.5) is 0 Å². The number of carbonyl (C=O) groups excluding carboxylic acids is 1. The van der Waals surface area contributed by atoms with Gasteiger partial charge in [0.1, 0.15) is 0 Å². The molecular weight excluding hydrogens is 298 g/mol. The number of nitrogens with zero attached hydrogens (tertiary/aromatic N) is 2. The summed E-state index contributed by atoms with van der Waals surface area (Å²) in [5.41, 5.74) is 4.99. The number of aryl methyl sites for hydroxylation is 1. The number of amides is 1. The average Bonchev–Trinajstić information content (AvgIpc) is 2.95. The number of hydrogen-bond acceptors (Lipinski definition) is 2. The molecule has 24 heavy (non-hydrogen) atoms. The largest absolute Gasteiger partial charge is 0.345 e. The van der Waals surface area contributed by atoms with E-state index in [1.165, 1.54) is 0 Å². The first-order valence-electron chi connectivity index (χ1n) is 8.01. The predicted octanol–water partition coefficient (Wildman–Crippen LogP) is 3.89. The summed E-state index contributed by atoms with van der Waals surface area (Å²) in [6.45, 7) is 3.97. The smallest absolute Gasteiger partial charge is 0.251 e. The van der Waals surface area contributed by atoms with Gasteiger partial charge >= 0.3 is 0 Å². The van der Waals surface area contributed by atoms with Gasteiger partial charge in [0.05, 0.1) is 12.2 Å². The second kappa shape index (κ2) is 6.71. The van der Waals surface area contributed by atoms with Gasteiger partial charge < -0.3 is 5.32 Å². The van der Waals surface area contributed by atoms with Gasteiger partial charge in [0, 0.05) is 23.9 Å². The Kier molecular flexibility index (Phi) is 4.47. The molecular formula is C20H21N3O. The molecule has 4 heteroatoms. The zero-order valence-electron chi connectivity index (χ0n) is 14.2. The summed E-state index contributed by atoms with van der Waals surface area (Å²) in [5, 5.41) is 7.26. The maximum atomic E-state index is 12.5. The summed E-state index contributed by atoms with van der Waals surface area (Å²) < 4.78 is 1.81. The molecule has 1 heterocycles. The molecule has 122 valence electrons. The fraction of sp³-hybridized carbons (Fsp3) is 0.200. The predicted molar refractivity (Wildman–Crippen MR) is 95.7 cm³/mol. The fourth-order valence-corrected chi connectivity index (χ4v) is 2.74. The quantitative estimate of drug-likeness (QED) is 0.793. The molecule has 0 aliphatic rings. The third-order valence-corrected chi connectivity index (χ3v) is 4.34. The fourth-order valence-electron chi connectivity index (χ4n) is 2.74. The van der Waals surface area contributed by atoms with Gasteiger partial charge in [0.15, 0.2) is 0 Å². The van der Waals surface area contributed by atoms with Crippen LogP contribution in [0.2, 0.25) is 0 Å². The van der Waals surface area contributed by atoms with E-state index in [1.807, 2.05) is 68.0 Å². The Labute approximate surface area is 142 Å². The molecule has 1 amide bonds. The van der Waals surface area contributed by atoms with Crippen LogP contribution in [-0.4, -0.2) is 15.7 Å². The van der Waals surface area contributed by atoms with Gasteiger partial charge in [0.2, 0.25) is 0 Å². The van der Waals surface area contributed by atoms with Crippen molar-refractivity contribution in [1.29, 1.82) is 0 Å². The van der Waals surface area contributed by atoms with Crippen molar-refractivity contribution >= 4 is 5.91 Å². The zero-order valence-corrected chi connectivity index (χ0v) is 14.2. The normalized spacial score (nSPS) is 12.0. The monoisotopic (exact) mass is 319 g/mol. The topological polar surface area (TPSA) is 46.9 Å². The summed E-state index contributed by atoms with van der Waals surface area (Å²) >= 11 is 0. The molecule has 3 aromatic rings. The summed E-state index contributed by atoms with van der Waals surface area (Å²) in [5.74, 6) is -0.0784. The Balaban J connectivity index is 1.72. The van der Waals surface area contributed by atoms with E-state index in [9.17, 15) is 4.79 Å². The van der Waals surface area contributed by atoms with Crippen LogP contribution in [0.15, 0.2) is 60.8 Å². The van der Waals surface area contributed by atoms with E-state index in [1.54, 1.807) is 6.20 Å². The molecule has 0 saturated carbocycles. The van der Waals surface area contributed by atoms with Crippen LogP contribution in [0.5, 0.6) is 0 Å². The average molecular weight is 319 g/mol. The van der Waals surface area contributed by atoms with Crippen LogP contribution >= 0.6 is 0 Å². The SMILES string of the molecule is Cc1c(C(C)NC(=O)c2ccc(-c3ccccc3)cc2)cnn1C. The first-order chi connectivity index (χ1) is 11.6. The van der Waals surface area contributed by atoms with Gasteiger partial charge in [-0.05, 0) is 37.1 Å². The van der Waals surface area contributed by atoms with Gasteiger partial charge in [0.25, 0.3) is 5.91 Å². The minimum atomic E-state index is -0.0833. The molecule has 1 unspecified atom stereocenters. The molecule has 0 spiro atoms. The second-order valence-electron chi connectivity index (χ2n) is 5.95. The van der Waals surface area contributed by atoms with Crippen molar-refractivity contribution in [2.75, 3.05) is 0 Å². The number of nitrogens with one attached hydrogen (secondary N) is 1. The molecule has 1 aromatic heterocycles. The van der Waals surface area contributed by atoms with Gasteiger partial charge in [-0.3, -0.25) is 9.48 Å². The van der Waals surface area contributed by atoms with E-state index in [4.69, 9.17) is 0 Å². The summed E-state index contributed by atoms with van der Waals surface area (Å²) in [4.78, 5) is 12.5. The lowest BCUT2D eigenvalue weighted by Gasteiger charge is -2.14. The van der Waals surface area contributed by atoms with Crippen molar-refractivity contribution in [2.45, 2.75) is 19.9 Å². The number of aromatic nitrogens is 2. The van der Waals surface area contributed by atoms with Crippen LogP contribution in [0.3, 0.4) is 0 Å². The lowest BCUT2D eigenvalue weighted by molar-refractivity contribution is 0.0940. The first kappa shape index (κ1) is 16.0.